The number of hydrogen-bond donors (Lipinski definition) is 6. The summed E-state index contributed by atoms with van der Waals surface area (Å²) in [5.74, 6) is -5.38. The summed E-state index contributed by atoms with van der Waals surface area (Å²) in [4.78, 5) is 58.3. The first kappa shape index (κ1) is 24.3. The molecule has 0 aliphatic rings. The second-order valence-electron chi connectivity index (χ2n) is 6.39. The van der Waals surface area contributed by atoms with Crippen LogP contribution in [0.25, 0.3) is 0 Å². The molecule has 154 valence electrons. The molecule has 0 saturated carbocycles. The maximum atomic E-state index is 12.3. The average Bonchev–Trinajstić information content (AvgIpc) is 2.56. The highest BCUT2D eigenvalue weighted by molar-refractivity contribution is 5.95. The number of carbonyl (C=O) groups excluding carboxylic acids is 3. The molecule has 7 N–H and O–H groups in total. The molecule has 0 heterocycles. The van der Waals surface area contributed by atoms with Crippen molar-refractivity contribution in [1.29, 1.82) is 0 Å². The number of carboxylic acids is 2. The van der Waals surface area contributed by atoms with Crippen molar-refractivity contribution in [3.05, 3.63) is 0 Å². The molecule has 0 fully saturated rings. The van der Waals surface area contributed by atoms with E-state index >= 15 is 0 Å². The Kier molecular flexibility index (Phi) is 10.0. The number of rotatable bonds is 11. The third kappa shape index (κ3) is 8.49. The highest BCUT2D eigenvalue weighted by Crippen LogP contribution is 2.09. The van der Waals surface area contributed by atoms with Crippen LogP contribution >= 0.6 is 0 Å². The van der Waals surface area contributed by atoms with Crippen LogP contribution in [0.4, 0.5) is 0 Å². The molecule has 0 aromatic rings. The van der Waals surface area contributed by atoms with E-state index in [2.05, 4.69) is 16.0 Å². The van der Waals surface area contributed by atoms with Crippen molar-refractivity contribution < 1.29 is 34.2 Å². The summed E-state index contributed by atoms with van der Waals surface area (Å²) in [6.45, 7) is 6.12. The molecule has 0 rings (SSSR count). The summed E-state index contributed by atoms with van der Waals surface area (Å²) in [5.41, 5.74) is 5.38. The maximum absolute atomic E-state index is 12.3. The van der Waals surface area contributed by atoms with Gasteiger partial charge in [0.1, 0.15) is 18.1 Å². The van der Waals surface area contributed by atoms with Crippen molar-refractivity contribution in [2.45, 2.75) is 64.7 Å². The van der Waals surface area contributed by atoms with E-state index in [9.17, 15) is 29.1 Å². The molecule has 0 aromatic carbocycles. The third-order valence-electron chi connectivity index (χ3n) is 3.95. The van der Waals surface area contributed by atoms with Crippen molar-refractivity contribution >= 4 is 29.7 Å². The van der Waals surface area contributed by atoms with Gasteiger partial charge in [-0.3, -0.25) is 19.2 Å². The van der Waals surface area contributed by atoms with E-state index in [-0.39, 0.29) is 0 Å². The molecule has 11 nitrogen and oxygen atoms in total. The van der Waals surface area contributed by atoms with Crippen LogP contribution in [0.1, 0.15) is 40.5 Å². The van der Waals surface area contributed by atoms with Gasteiger partial charge in [0.15, 0.2) is 0 Å². The van der Waals surface area contributed by atoms with Gasteiger partial charge in [-0.2, -0.15) is 0 Å². The third-order valence-corrected chi connectivity index (χ3v) is 3.95. The molecule has 0 bridgehead atoms. The minimum Gasteiger partial charge on any atom is -0.481 e. The molecule has 0 radical (unpaired) electrons. The van der Waals surface area contributed by atoms with Gasteiger partial charge in [-0.25, -0.2) is 4.79 Å². The molecule has 0 saturated heterocycles. The minimum absolute atomic E-state index is 0.406. The van der Waals surface area contributed by atoms with Gasteiger partial charge in [-0.05, 0) is 19.8 Å². The van der Waals surface area contributed by atoms with Gasteiger partial charge >= 0.3 is 11.9 Å². The highest BCUT2D eigenvalue weighted by Gasteiger charge is 2.31. The van der Waals surface area contributed by atoms with Gasteiger partial charge in [-0.1, -0.05) is 20.3 Å². The first-order chi connectivity index (χ1) is 12.4. The zero-order chi connectivity index (χ0) is 21.3. The van der Waals surface area contributed by atoms with Crippen LogP contribution in [0.5, 0.6) is 0 Å². The zero-order valence-corrected chi connectivity index (χ0v) is 15.8. The molecule has 0 aromatic heterocycles. The number of hydrogen-bond acceptors (Lipinski definition) is 6. The molecular weight excluding hydrogens is 360 g/mol. The Morgan fingerprint density at radius 1 is 0.889 bits per heavy atom. The molecule has 11 heteroatoms. The Hall–Kier alpha value is -2.69. The number of amides is 3. The standard InChI is InChI=1S/C16H28N4O7/c1-5-7(2)12(16(26)27)20-15(25)10(6-11(21)22)19-14(24)9(4)18-13(23)8(3)17/h7-10,12H,5-6,17H2,1-4H3,(H,18,23)(H,19,24)(H,20,25)(H,21,22)(H,26,27). The Morgan fingerprint density at radius 2 is 1.44 bits per heavy atom. The average molecular weight is 388 g/mol. The topological polar surface area (TPSA) is 188 Å². The van der Waals surface area contributed by atoms with Gasteiger partial charge in [0.05, 0.1) is 12.5 Å². The summed E-state index contributed by atoms with van der Waals surface area (Å²) >= 11 is 0. The predicted octanol–water partition coefficient (Wildman–Crippen LogP) is -1.59. The lowest BCUT2D eigenvalue weighted by Gasteiger charge is -2.24. The quantitative estimate of drug-likeness (QED) is 0.244. The molecule has 5 unspecified atom stereocenters. The lowest BCUT2D eigenvalue weighted by molar-refractivity contribution is -0.144. The Balaban J connectivity index is 5.17. The second kappa shape index (κ2) is 11.1. The molecule has 5 atom stereocenters. The fourth-order valence-corrected chi connectivity index (χ4v) is 2.03. The van der Waals surface area contributed by atoms with Crippen molar-refractivity contribution in [2.24, 2.45) is 11.7 Å². The van der Waals surface area contributed by atoms with Crippen LogP contribution in [0, 0.1) is 5.92 Å². The highest BCUT2D eigenvalue weighted by atomic mass is 16.4. The van der Waals surface area contributed by atoms with E-state index in [1.54, 1.807) is 13.8 Å². The van der Waals surface area contributed by atoms with E-state index in [1.807, 2.05) is 0 Å². The summed E-state index contributed by atoms with van der Waals surface area (Å²) in [6, 6.07) is -4.66. The molecule has 27 heavy (non-hydrogen) atoms. The molecule has 0 aliphatic carbocycles. The molecule has 0 spiro atoms. The van der Waals surface area contributed by atoms with Gasteiger partial charge in [0.2, 0.25) is 17.7 Å². The van der Waals surface area contributed by atoms with E-state index in [4.69, 9.17) is 10.8 Å². The SMILES string of the molecule is CCC(C)C(NC(=O)C(CC(=O)O)NC(=O)C(C)NC(=O)C(C)N)C(=O)O. The van der Waals surface area contributed by atoms with E-state index in [0.717, 1.165) is 0 Å². The smallest absolute Gasteiger partial charge is 0.326 e. The first-order valence-electron chi connectivity index (χ1n) is 8.51. The van der Waals surface area contributed by atoms with Gasteiger partial charge < -0.3 is 31.9 Å². The predicted molar refractivity (Wildman–Crippen MR) is 94.5 cm³/mol. The van der Waals surface area contributed by atoms with Gasteiger partial charge in [-0.15, -0.1) is 0 Å². The van der Waals surface area contributed by atoms with Crippen LogP contribution in [0.15, 0.2) is 0 Å². The molecular formula is C16H28N4O7. The van der Waals surface area contributed by atoms with E-state index in [1.165, 1.54) is 13.8 Å². The van der Waals surface area contributed by atoms with Crippen LogP contribution < -0.4 is 21.7 Å². The van der Waals surface area contributed by atoms with Crippen molar-refractivity contribution in [2.75, 3.05) is 0 Å². The second-order valence-corrected chi connectivity index (χ2v) is 6.39. The lowest BCUT2D eigenvalue weighted by atomic mass is 9.98. The summed E-state index contributed by atoms with van der Waals surface area (Å²) in [5, 5.41) is 25.0. The maximum Gasteiger partial charge on any atom is 0.326 e. The number of nitrogens with one attached hydrogen (secondary N) is 3. The Morgan fingerprint density at radius 3 is 1.85 bits per heavy atom. The lowest BCUT2D eigenvalue weighted by Crippen LogP contribution is -2.57. The number of aliphatic carboxylic acids is 2. The van der Waals surface area contributed by atoms with Gasteiger partial charge in [0.25, 0.3) is 0 Å². The van der Waals surface area contributed by atoms with E-state index in [0.29, 0.717) is 6.42 Å². The number of carboxylic acid groups (broad SMARTS) is 2. The summed E-state index contributed by atoms with van der Waals surface area (Å²) in [7, 11) is 0. The minimum atomic E-state index is -1.50. The zero-order valence-electron chi connectivity index (χ0n) is 15.8. The first-order valence-corrected chi connectivity index (χ1v) is 8.51. The summed E-state index contributed by atoms with van der Waals surface area (Å²) < 4.78 is 0. The van der Waals surface area contributed by atoms with Crippen LogP contribution in [-0.4, -0.2) is 64.0 Å². The van der Waals surface area contributed by atoms with Crippen LogP contribution in [-0.2, 0) is 24.0 Å². The van der Waals surface area contributed by atoms with Crippen LogP contribution in [0.2, 0.25) is 0 Å². The molecule has 0 aliphatic heterocycles. The summed E-state index contributed by atoms with van der Waals surface area (Å²) in [6.07, 6.45) is -0.286. The van der Waals surface area contributed by atoms with E-state index < -0.39 is 66.2 Å². The molecule has 3 amide bonds. The fraction of sp³-hybridized carbons (Fsp3) is 0.688. The Bertz CT molecular complexity index is 579. The number of nitrogens with two attached hydrogens (primary N) is 1. The van der Waals surface area contributed by atoms with Crippen molar-refractivity contribution in [3.8, 4) is 0 Å². The van der Waals surface area contributed by atoms with Crippen LogP contribution in [0.3, 0.4) is 0 Å². The van der Waals surface area contributed by atoms with Crippen molar-refractivity contribution in [1.82, 2.24) is 16.0 Å². The van der Waals surface area contributed by atoms with Gasteiger partial charge in [0, 0.05) is 0 Å². The fourth-order valence-electron chi connectivity index (χ4n) is 2.03. The Labute approximate surface area is 157 Å². The monoisotopic (exact) mass is 388 g/mol. The number of carbonyl (C=O) groups is 5. The normalized spacial score (nSPS) is 16.2. The van der Waals surface area contributed by atoms with Crippen molar-refractivity contribution in [3.63, 3.8) is 0 Å². The largest absolute Gasteiger partial charge is 0.481 e.